The first-order valence-corrected chi connectivity index (χ1v) is 3.54. The van der Waals surface area contributed by atoms with Crippen LogP contribution < -0.4 is 0 Å². The number of hydrogen-bond acceptors (Lipinski definition) is 4. The third-order valence-electron chi connectivity index (χ3n) is 1.19. The first-order valence-electron chi connectivity index (χ1n) is 3.13. The fourth-order valence-electron chi connectivity index (χ4n) is 0.660. The number of aromatic nitrogens is 1. The second-order valence-corrected chi connectivity index (χ2v) is 2.50. The van der Waals surface area contributed by atoms with E-state index in [0.29, 0.717) is 10.2 Å². The van der Waals surface area contributed by atoms with E-state index in [2.05, 4.69) is 9.82 Å². The lowest BCUT2D eigenvalue weighted by Crippen LogP contribution is -2.00. The third kappa shape index (κ3) is 2.67. The van der Waals surface area contributed by atoms with Crippen LogP contribution in [0.25, 0.3) is 0 Å². The molecule has 5 nitrogen and oxygen atoms in total. The topological polar surface area (TPSA) is 68.2 Å². The Balaban J connectivity index is 2.59. The van der Waals surface area contributed by atoms with Gasteiger partial charge in [0.1, 0.15) is 11.2 Å². The Morgan fingerprint density at radius 2 is 2.42 bits per heavy atom. The Morgan fingerprint density at radius 3 is 2.92 bits per heavy atom. The molecule has 0 radical (unpaired) electrons. The maximum atomic E-state index is 9.79. The van der Waals surface area contributed by atoms with Crippen LogP contribution in [0.1, 0.15) is 5.56 Å². The molecule has 0 spiro atoms. The lowest BCUT2D eigenvalue weighted by atomic mass is 10.3. The van der Waals surface area contributed by atoms with Crippen molar-refractivity contribution in [2.24, 2.45) is 0 Å². The second kappa shape index (κ2) is 3.82. The van der Waals surface area contributed by atoms with Gasteiger partial charge in [0.05, 0.1) is 0 Å². The average molecular weight is 186 g/mol. The van der Waals surface area contributed by atoms with Gasteiger partial charge in [0.2, 0.25) is 0 Å². The lowest BCUT2D eigenvalue weighted by molar-refractivity contribution is -0.763. The first kappa shape index (κ1) is 8.66. The molecule has 1 heterocycles. The van der Waals surface area contributed by atoms with Gasteiger partial charge in [-0.1, -0.05) is 18.3 Å². The summed E-state index contributed by atoms with van der Waals surface area (Å²) in [5, 5.41) is 8.96. The highest BCUT2D eigenvalue weighted by atomic mass is 32.1. The van der Waals surface area contributed by atoms with Crippen LogP contribution in [0.5, 0.6) is 0 Å². The van der Waals surface area contributed by atoms with Crippen molar-refractivity contribution in [3.05, 3.63) is 38.6 Å². The predicted octanol–water partition coefficient (Wildman–Crippen LogP) is 1.45. The zero-order valence-corrected chi connectivity index (χ0v) is 6.84. The summed E-state index contributed by atoms with van der Waals surface area (Å²) in [7, 11) is 0. The Labute approximate surface area is 73.1 Å². The van der Waals surface area contributed by atoms with Crippen molar-refractivity contribution in [1.29, 1.82) is 0 Å². The zero-order chi connectivity index (χ0) is 8.97. The van der Waals surface area contributed by atoms with Gasteiger partial charge in [-0.3, -0.25) is 0 Å². The molecular weight excluding hydrogens is 180 g/mol. The van der Waals surface area contributed by atoms with Crippen molar-refractivity contribution >= 4 is 12.2 Å². The van der Waals surface area contributed by atoms with Crippen LogP contribution in [0.4, 0.5) is 0 Å². The molecule has 1 rings (SSSR count). The summed E-state index contributed by atoms with van der Waals surface area (Å²) in [5.74, 6) is 0. The maximum Gasteiger partial charge on any atom is 0.294 e. The van der Waals surface area contributed by atoms with Gasteiger partial charge in [-0.15, -0.1) is 10.1 Å². The highest BCUT2D eigenvalue weighted by molar-refractivity contribution is 7.71. The maximum absolute atomic E-state index is 9.79. The number of rotatable bonds is 3. The number of pyridine rings is 1. The fraction of sp³-hybridized carbons (Fsp3) is 0.167. The largest absolute Gasteiger partial charge is 0.353 e. The molecular formula is C6H6N2O3S. The molecule has 0 aliphatic heterocycles. The predicted molar refractivity (Wildman–Crippen MR) is 43.4 cm³/mol. The van der Waals surface area contributed by atoms with Crippen LogP contribution in [0, 0.1) is 14.8 Å². The molecule has 0 aliphatic rings. The van der Waals surface area contributed by atoms with Crippen molar-refractivity contribution in [2.45, 2.75) is 6.61 Å². The van der Waals surface area contributed by atoms with Gasteiger partial charge in [-0.25, -0.2) is 0 Å². The van der Waals surface area contributed by atoms with Crippen molar-refractivity contribution < 1.29 is 9.92 Å². The van der Waals surface area contributed by atoms with Crippen LogP contribution in [0.2, 0.25) is 0 Å². The third-order valence-corrected chi connectivity index (χ3v) is 1.44. The van der Waals surface area contributed by atoms with E-state index in [4.69, 9.17) is 12.2 Å². The number of nitrogens with one attached hydrogen (secondary N) is 1. The highest BCUT2D eigenvalue weighted by Gasteiger charge is 1.95. The summed E-state index contributed by atoms with van der Waals surface area (Å²) in [6.07, 6.45) is 1.58. The number of aromatic amines is 1. The number of H-pyrrole nitrogens is 1. The van der Waals surface area contributed by atoms with Crippen molar-refractivity contribution in [1.82, 2.24) is 4.98 Å². The van der Waals surface area contributed by atoms with E-state index >= 15 is 0 Å². The van der Waals surface area contributed by atoms with Crippen LogP contribution in [0.15, 0.2) is 18.3 Å². The molecule has 1 aromatic heterocycles. The van der Waals surface area contributed by atoms with Gasteiger partial charge in [0.15, 0.2) is 0 Å². The van der Waals surface area contributed by atoms with Crippen LogP contribution in [-0.4, -0.2) is 10.1 Å². The first-order chi connectivity index (χ1) is 5.68. The van der Waals surface area contributed by atoms with Gasteiger partial charge in [0, 0.05) is 6.20 Å². The van der Waals surface area contributed by atoms with E-state index in [-0.39, 0.29) is 6.61 Å². The molecule has 0 amide bonds. The smallest absolute Gasteiger partial charge is 0.294 e. The Morgan fingerprint density at radius 1 is 1.67 bits per heavy atom. The van der Waals surface area contributed by atoms with E-state index in [1.54, 1.807) is 18.3 Å². The molecule has 1 N–H and O–H groups in total. The molecule has 6 heteroatoms. The van der Waals surface area contributed by atoms with Gasteiger partial charge in [-0.05, 0) is 11.6 Å². The molecule has 0 bridgehead atoms. The summed E-state index contributed by atoms with van der Waals surface area (Å²) < 4.78 is 0.583. The average Bonchev–Trinajstić information content (AvgIpc) is 2.03. The van der Waals surface area contributed by atoms with Gasteiger partial charge < -0.3 is 9.82 Å². The van der Waals surface area contributed by atoms with E-state index < -0.39 is 5.09 Å². The van der Waals surface area contributed by atoms with Crippen LogP contribution in [0.3, 0.4) is 0 Å². The van der Waals surface area contributed by atoms with Crippen molar-refractivity contribution in [3.8, 4) is 0 Å². The summed E-state index contributed by atoms with van der Waals surface area (Å²) in [6, 6.07) is 3.32. The Hall–Kier alpha value is -1.43. The lowest BCUT2D eigenvalue weighted by Gasteiger charge is -1.97. The standard InChI is InChI=1S/C6H6N2O3S/c9-8(10)11-4-5-1-2-6(12)7-3-5/h1-3H,4H2,(H,7,12). The molecule has 0 atom stereocenters. The number of hydrogen-bond donors (Lipinski definition) is 1. The molecule has 12 heavy (non-hydrogen) atoms. The molecule has 1 aromatic rings. The zero-order valence-electron chi connectivity index (χ0n) is 6.02. The van der Waals surface area contributed by atoms with Crippen LogP contribution in [-0.2, 0) is 11.4 Å². The summed E-state index contributed by atoms with van der Waals surface area (Å²) >= 11 is 4.78. The van der Waals surface area contributed by atoms with E-state index in [1.807, 2.05) is 0 Å². The van der Waals surface area contributed by atoms with Crippen molar-refractivity contribution in [2.75, 3.05) is 0 Å². The number of nitrogens with zero attached hydrogens (tertiary/aromatic N) is 1. The monoisotopic (exact) mass is 186 g/mol. The minimum Gasteiger partial charge on any atom is -0.353 e. The Bertz CT molecular complexity index is 315. The molecule has 0 unspecified atom stereocenters. The van der Waals surface area contributed by atoms with E-state index in [1.165, 1.54) is 0 Å². The van der Waals surface area contributed by atoms with Gasteiger partial charge in [-0.2, -0.15) is 0 Å². The van der Waals surface area contributed by atoms with Gasteiger partial charge in [0.25, 0.3) is 5.09 Å². The normalized spacial score (nSPS) is 9.33. The van der Waals surface area contributed by atoms with E-state index in [0.717, 1.165) is 0 Å². The molecule has 0 aliphatic carbocycles. The molecule has 0 aromatic carbocycles. The highest BCUT2D eigenvalue weighted by Crippen LogP contribution is 1.98. The van der Waals surface area contributed by atoms with E-state index in [9.17, 15) is 10.1 Å². The van der Waals surface area contributed by atoms with Crippen molar-refractivity contribution in [3.63, 3.8) is 0 Å². The summed E-state index contributed by atoms with van der Waals surface area (Å²) in [5.41, 5.74) is 0.681. The quantitative estimate of drug-likeness (QED) is 0.440. The Kier molecular flexibility index (Phi) is 2.76. The van der Waals surface area contributed by atoms with Gasteiger partial charge >= 0.3 is 0 Å². The second-order valence-electron chi connectivity index (χ2n) is 2.06. The molecule has 0 saturated heterocycles. The minimum absolute atomic E-state index is 0.0564. The van der Waals surface area contributed by atoms with Crippen LogP contribution >= 0.6 is 12.2 Å². The summed E-state index contributed by atoms with van der Waals surface area (Å²) in [6.45, 7) is -0.0564. The fourth-order valence-corrected chi connectivity index (χ4v) is 0.787. The molecule has 64 valence electrons. The molecule has 0 fully saturated rings. The SMILES string of the molecule is O=[N+]([O-])OCc1ccc(=S)[nH]c1. The molecule has 0 saturated carbocycles. The minimum atomic E-state index is -0.832. The summed E-state index contributed by atoms with van der Waals surface area (Å²) in [4.78, 5) is 16.7.